The van der Waals surface area contributed by atoms with Crippen LogP contribution in [0, 0.1) is 50.2 Å². The van der Waals surface area contributed by atoms with Crippen molar-refractivity contribution in [3.8, 4) is 0 Å². The molecule has 0 amide bonds. The summed E-state index contributed by atoms with van der Waals surface area (Å²) in [7, 11) is 0. The van der Waals surface area contributed by atoms with E-state index in [1.165, 1.54) is 0 Å². The summed E-state index contributed by atoms with van der Waals surface area (Å²) in [6.07, 6.45) is -12.0. The van der Waals surface area contributed by atoms with E-state index >= 15 is 0 Å². The summed E-state index contributed by atoms with van der Waals surface area (Å²) in [5.74, 6) is -1.65. The van der Waals surface area contributed by atoms with Gasteiger partial charge in [-0.25, -0.2) is 0 Å². The number of ether oxygens (including phenoxy) is 4. The lowest BCUT2D eigenvalue weighted by atomic mass is 9.33. The molecule has 0 radical (unpaired) electrons. The lowest BCUT2D eigenvalue weighted by Gasteiger charge is -2.72. The molecule has 0 bridgehead atoms. The molecule has 56 heavy (non-hydrogen) atoms. The maximum atomic E-state index is 13.8. The van der Waals surface area contributed by atoms with Gasteiger partial charge in [-0.1, -0.05) is 60.1 Å². The fourth-order valence-electron chi connectivity index (χ4n) is 13.6. The summed E-state index contributed by atoms with van der Waals surface area (Å²) in [4.78, 5) is 13.8. The van der Waals surface area contributed by atoms with Gasteiger partial charge in [0.25, 0.3) is 0 Å². The fraction of sp³-hybridized carbons (Fsp3) is 0.927. The predicted molar refractivity (Wildman–Crippen MR) is 196 cm³/mol. The highest BCUT2D eigenvalue weighted by atomic mass is 16.7. The molecule has 20 unspecified atom stereocenters. The van der Waals surface area contributed by atoms with Crippen molar-refractivity contribution < 1.29 is 74.8 Å². The van der Waals surface area contributed by atoms with Crippen LogP contribution in [0.5, 0.6) is 0 Å². The van der Waals surface area contributed by atoms with Crippen LogP contribution in [-0.4, -0.2) is 150 Å². The summed E-state index contributed by atoms with van der Waals surface area (Å²) in [6, 6.07) is 0. The molecule has 0 aromatic carbocycles. The average Bonchev–Trinajstić information content (AvgIpc) is 3.11. The van der Waals surface area contributed by atoms with Crippen LogP contribution in [-0.2, 0) is 23.7 Å². The van der Waals surface area contributed by atoms with Gasteiger partial charge in [0.15, 0.2) is 12.6 Å². The number of hydrogen-bond acceptors (Lipinski definition) is 14. The summed E-state index contributed by atoms with van der Waals surface area (Å²) >= 11 is 0. The second kappa shape index (κ2) is 14.1. The molecule has 0 spiro atoms. The number of allylic oxidation sites excluding steroid dienone is 2. The number of carboxylic acid groups (broad SMARTS) is 1. The van der Waals surface area contributed by atoms with Gasteiger partial charge < -0.3 is 70.0 Å². The smallest absolute Gasteiger partial charge is 0.313 e. The average molecular weight is 799 g/mol. The van der Waals surface area contributed by atoms with E-state index < -0.39 is 131 Å². The Balaban J connectivity index is 1.25. The number of aliphatic carboxylic acids is 1. The molecule has 320 valence electrons. The highest BCUT2D eigenvalue weighted by Gasteiger charge is 2.73. The van der Waals surface area contributed by atoms with Crippen molar-refractivity contribution in [2.45, 2.75) is 173 Å². The number of fused-ring (bicyclic) bond motifs is 7. The van der Waals surface area contributed by atoms with Gasteiger partial charge in [-0.15, -0.1) is 0 Å². The molecule has 0 aromatic rings. The third-order valence-corrected chi connectivity index (χ3v) is 17.0. The van der Waals surface area contributed by atoms with Crippen LogP contribution in [0.4, 0.5) is 0 Å². The van der Waals surface area contributed by atoms with Gasteiger partial charge >= 0.3 is 5.97 Å². The normalized spacial score (nSPS) is 55.1. The van der Waals surface area contributed by atoms with Crippen molar-refractivity contribution in [1.82, 2.24) is 0 Å². The highest BCUT2D eigenvalue weighted by molar-refractivity contribution is 5.78. The molecule has 6 fully saturated rings. The monoisotopic (exact) mass is 798 g/mol. The van der Waals surface area contributed by atoms with Crippen molar-refractivity contribution in [2.24, 2.45) is 50.2 Å². The first-order valence-electron chi connectivity index (χ1n) is 20.5. The molecular weight excluding hydrogens is 732 g/mol. The number of carboxylic acids is 1. The maximum Gasteiger partial charge on any atom is 0.313 e. The van der Waals surface area contributed by atoms with Crippen LogP contribution in [0.2, 0.25) is 0 Å². The van der Waals surface area contributed by atoms with Gasteiger partial charge in [-0.05, 0) is 89.8 Å². The van der Waals surface area contributed by atoms with Gasteiger partial charge in [-0.3, -0.25) is 4.79 Å². The Morgan fingerprint density at radius 3 is 2.09 bits per heavy atom. The maximum absolute atomic E-state index is 13.8. The zero-order valence-electron chi connectivity index (χ0n) is 33.7. The Kier molecular flexibility index (Phi) is 10.8. The van der Waals surface area contributed by atoms with Crippen molar-refractivity contribution in [2.75, 3.05) is 13.2 Å². The molecule has 2 heterocycles. The van der Waals surface area contributed by atoms with Crippen molar-refractivity contribution in [1.29, 1.82) is 0 Å². The first-order chi connectivity index (χ1) is 25.9. The predicted octanol–water partition coefficient (Wildman–Crippen LogP) is 0.434. The minimum atomic E-state index is -1.63. The molecule has 15 heteroatoms. The standard InChI is InChI=1S/C41H66O15/c1-36(2)12-19-18-8-9-24-38(5)13-20(43)32(56-34-31(50)29(48)28(47)22(16-42)54-34)37(3,4)23(38)10-11-39(24,6)40(18,7)15-26(41(19,35(51)52)14-25(36)45)55-33-30(49)27(46)21(44)17-53-33/h8,19-34,42-50H,9-17H2,1-7H3,(H,51,52). The van der Waals surface area contributed by atoms with Crippen molar-refractivity contribution in [3.05, 3.63) is 11.6 Å². The zero-order valence-corrected chi connectivity index (χ0v) is 33.7. The second-order valence-electron chi connectivity index (χ2n) is 20.5. The van der Waals surface area contributed by atoms with Crippen LogP contribution in [0.3, 0.4) is 0 Å². The van der Waals surface area contributed by atoms with Crippen LogP contribution < -0.4 is 0 Å². The molecule has 20 atom stereocenters. The quantitative estimate of drug-likeness (QED) is 0.129. The van der Waals surface area contributed by atoms with E-state index in [0.717, 1.165) is 18.4 Å². The van der Waals surface area contributed by atoms with Gasteiger partial charge in [0.1, 0.15) is 48.1 Å². The van der Waals surface area contributed by atoms with Crippen LogP contribution in [0.1, 0.15) is 93.4 Å². The summed E-state index contributed by atoms with van der Waals surface area (Å²) < 4.78 is 24.3. The first kappa shape index (κ1) is 42.8. The number of aliphatic hydroxyl groups excluding tert-OH is 9. The minimum Gasteiger partial charge on any atom is -0.481 e. The Morgan fingerprint density at radius 1 is 0.786 bits per heavy atom. The van der Waals surface area contributed by atoms with Gasteiger partial charge in [-0.2, -0.15) is 0 Å². The number of hydrogen-bond donors (Lipinski definition) is 10. The Labute approximate surface area is 328 Å². The SMILES string of the molecule is CC1(C)CC2C3=CCC4C5(C)CC(O)C(OC6OC(CO)C(O)C(O)C6O)C(C)(C)C5CCC4(C)C3(C)CC(OC3OCC(O)C(O)C3O)C2(C(=O)O)CC1O. The molecule has 5 aliphatic carbocycles. The highest BCUT2D eigenvalue weighted by Crippen LogP contribution is 2.76. The van der Waals surface area contributed by atoms with Crippen LogP contribution in [0.25, 0.3) is 0 Å². The second-order valence-corrected chi connectivity index (χ2v) is 20.5. The van der Waals surface area contributed by atoms with E-state index in [1.54, 1.807) is 0 Å². The number of aliphatic hydroxyl groups is 9. The molecule has 4 saturated carbocycles. The van der Waals surface area contributed by atoms with Crippen molar-refractivity contribution in [3.63, 3.8) is 0 Å². The van der Waals surface area contributed by atoms with Gasteiger partial charge in [0, 0.05) is 0 Å². The number of rotatable bonds is 6. The Morgan fingerprint density at radius 2 is 1.45 bits per heavy atom. The van der Waals surface area contributed by atoms with E-state index in [9.17, 15) is 55.9 Å². The molecule has 15 nitrogen and oxygen atoms in total. The van der Waals surface area contributed by atoms with E-state index in [0.29, 0.717) is 19.3 Å². The van der Waals surface area contributed by atoms with E-state index in [-0.39, 0.29) is 31.3 Å². The minimum absolute atomic E-state index is 0.00104. The molecule has 0 aromatic heterocycles. The zero-order chi connectivity index (χ0) is 41.3. The van der Waals surface area contributed by atoms with Crippen LogP contribution >= 0.6 is 0 Å². The molecule has 2 saturated heterocycles. The molecular formula is C41H66O15. The van der Waals surface area contributed by atoms with Crippen molar-refractivity contribution >= 4 is 5.97 Å². The lowest BCUT2D eigenvalue weighted by Crippen LogP contribution is -2.70. The van der Waals surface area contributed by atoms with E-state index in [1.807, 2.05) is 27.7 Å². The van der Waals surface area contributed by atoms with Gasteiger partial charge in [0.2, 0.25) is 0 Å². The summed E-state index contributed by atoms with van der Waals surface area (Å²) in [6.45, 7) is 13.7. The molecule has 10 N–H and O–H groups in total. The first-order valence-corrected chi connectivity index (χ1v) is 20.5. The fourth-order valence-corrected chi connectivity index (χ4v) is 13.6. The lowest BCUT2D eigenvalue weighted by molar-refractivity contribution is -0.342. The van der Waals surface area contributed by atoms with E-state index in [4.69, 9.17) is 18.9 Å². The molecule has 2 aliphatic heterocycles. The van der Waals surface area contributed by atoms with E-state index in [2.05, 4.69) is 26.8 Å². The molecule has 7 aliphatic rings. The number of carbonyl (C=O) groups is 1. The Hall–Kier alpha value is -1.31. The third kappa shape index (κ3) is 5.96. The Bertz CT molecular complexity index is 1540. The van der Waals surface area contributed by atoms with Crippen LogP contribution in [0.15, 0.2) is 11.6 Å². The topological polar surface area (TPSA) is 256 Å². The molecule has 7 rings (SSSR count). The summed E-state index contributed by atoms with van der Waals surface area (Å²) in [5, 5.41) is 108. The largest absolute Gasteiger partial charge is 0.481 e. The van der Waals surface area contributed by atoms with Gasteiger partial charge in [0.05, 0.1) is 37.6 Å². The third-order valence-electron chi connectivity index (χ3n) is 17.0. The summed E-state index contributed by atoms with van der Waals surface area (Å²) in [5.41, 5.74) is -3.41.